The van der Waals surface area contributed by atoms with Gasteiger partial charge in [-0.2, -0.15) is 5.10 Å². The summed E-state index contributed by atoms with van der Waals surface area (Å²) in [6, 6.07) is 6.15. The number of nitrogens with zero attached hydrogens (tertiary/aromatic N) is 3. The predicted molar refractivity (Wildman–Crippen MR) is 96.5 cm³/mol. The smallest absolute Gasteiger partial charge is 0.318 e. The number of benzene rings is 1. The lowest BCUT2D eigenvalue weighted by molar-refractivity contribution is 0.192. The molecule has 1 unspecified atom stereocenters. The van der Waals surface area contributed by atoms with Gasteiger partial charge in [-0.15, -0.1) is 0 Å². The number of hydrogen-bond donors (Lipinski definition) is 1. The van der Waals surface area contributed by atoms with E-state index in [4.69, 9.17) is 4.74 Å². The Balaban J connectivity index is 1.66. The first-order valence-corrected chi connectivity index (χ1v) is 8.84. The minimum absolute atomic E-state index is 0.0330. The van der Waals surface area contributed by atoms with E-state index in [9.17, 15) is 4.79 Å². The van der Waals surface area contributed by atoms with Crippen molar-refractivity contribution in [2.24, 2.45) is 7.05 Å². The molecule has 1 aliphatic rings. The highest BCUT2D eigenvalue weighted by Crippen LogP contribution is 2.31. The van der Waals surface area contributed by atoms with E-state index in [2.05, 4.69) is 10.4 Å². The van der Waals surface area contributed by atoms with E-state index in [-0.39, 0.29) is 12.1 Å². The van der Waals surface area contributed by atoms with Crippen LogP contribution in [0.4, 0.5) is 4.79 Å². The van der Waals surface area contributed by atoms with E-state index in [1.54, 1.807) is 4.68 Å². The number of amides is 2. The molecule has 25 heavy (non-hydrogen) atoms. The molecule has 1 aromatic carbocycles. The molecule has 1 saturated heterocycles. The fourth-order valence-corrected chi connectivity index (χ4v) is 3.34. The molecule has 0 aliphatic carbocycles. The van der Waals surface area contributed by atoms with Crippen LogP contribution >= 0.6 is 0 Å². The molecule has 3 rings (SSSR count). The second-order valence-corrected chi connectivity index (χ2v) is 6.50. The number of likely N-dealkylation sites (tertiary alicyclic amines) is 1. The Morgan fingerprint density at radius 3 is 3.00 bits per heavy atom. The Labute approximate surface area is 148 Å². The molecule has 1 N–H and O–H groups in total. The van der Waals surface area contributed by atoms with Gasteiger partial charge in [0.05, 0.1) is 18.8 Å². The number of aryl methyl sites for hydroxylation is 2. The average molecular weight is 342 g/mol. The Morgan fingerprint density at radius 2 is 2.28 bits per heavy atom. The van der Waals surface area contributed by atoms with Crippen LogP contribution in [0.3, 0.4) is 0 Å². The first-order valence-electron chi connectivity index (χ1n) is 8.84. The summed E-state index contributed by atoms with van der Waals surface area (Å²) in [6.45, 7) is 5.85. The lowest BCUT2D eigenvalue weighted by Gasteiger charge is -2.24. The molecule has 0 radical (unpaired) electrons. The van der Waals surface area contributed by atoms with E-state index in [0.717, 1.165) is 41.8 Å². The molecule has 2 aromatic rings. The second-order valence-electron chi connectivity index (χ2n) is 6.50. The summed E-state index contributed by atoms with van der Waals surface area (Å²) < 4.78 is 7.48. The third-order valence-electron chi connectivity index (χ3n) is 4.58. The minimum Gasteiger partial charge on any atom is -0.494 e. The van der Waals surface area contributed by atoms with Crippen molar-refractivity contribution in [2.75, 3.05) is 13.2 Å². The van der Waals surface area contributed by atoms with Crippen LogP contribution in [0.15, 0.2) is 30.6 Å². The van der Waals surface area contributed by atoms with Crippen molar-refractivity contribution in [3.8, 4) is 5.75 Å². The molecule has 0 saturated carbocycles. The Kier molecular flexibility index (Phi) is 5.26. The number of urea groups is 1. The van der Waals surface area contributed by atoms with Crippen LogP contribution in [0.2, 0.25) is 0 Å². The summed E-state index contributed by atoms with van der Waals surface area (Å²) in [5, 5.41) is 7.28. The molecule has 1 fully saturated rings. The first-order chi connectivity index (χ1) is 12.1. The quantitative estimate of drug-likeness (QED) is 0.908. The highest BCUT2D eigenvalue weighted by Gasteiger charge is 2.30. The van der Waals surface area contributed by atoms with Crippen LogP contribution in [-0.2, 0) is 13.6 Å². The Morgan fingerprint density at radius 1 is 1.44 bits per heavy atom. The average Bonchev–Trinajstić information content (AvgIpc) is 3.22. The molecule has 0 spiro atoms. The molecule has 1 atom stereocenters. The third kappa shape index (κ3) is 3.95. The van der Waals surface area contributed by atoms with E-state index in [1.807, 2.05) is 56.4 Å². The molecule has 134 valence electrons. The normalized spacial score (nSPS) is 16.9. The first kappa shape index (κ1) is 17.3. The van der Waals surface area contributed by atoms with Crippen LogP contribution in [0.25, 0.3) is 0 Å². The second kappa shape index (κ2) is 7.59. The molecule has 2 amide bonds. The van der Waals surface area contributed by atoms with E-state index < -0.39 is 0 Å². The van der Waals surface area contributed by atoms with E-state index >= 15 is 0 Å². The van der Waals surface area contributed by atoms with Gasteiger partial charge in [0.1, 0.15) is 5.75 Å². The number of nitrogens with one attached hydrogen (secondary N) is 1. The summed E-state index contributed by atoms with van der Waals surface area (Å²) in [4.78, 5) is 14.6. The van der Waals surface area contributed by atoms with Gasteiger partial charge in [-0.3, -0.25) is 4.68 Å². The maximum Gasteiger partial charge on any atom is 0.318 e. The molecule has 1 aliphatic heterocycles. The van der Waals surface area contributed by atoms with Crippen molar-refractivity contribution < 1.29 is 9.53 Å². The highest BCUT2D eigenvalue weighted by atomic mass is 16.5. The number of ether oxygens (including phenoxy) is 1. The monoisotopic (exact) mass is 342 g/mol. The van der Waals surface area contributed by atoms with Crippen molar-refractivity contribution in [2.45, 2.75) is 39.3 Å². The van der Waals surface area contributed by atoms with Gasteiger partial charge in [-0.05, 0) is 38.3 Å². The number of carbonyl (C=O) groups excluding carboxylic acids is 1. The standard InChI is InChI=1S/C19H26N4O2/c1-4-25-18-10-14(2)7-8-15(18)11-20-19(24)23-9-5-6-17(23)16-12-21-22(3)13-16/h7-8,10,12-13,17H,4-6,9,11H2,1-3H3,(H,20,24). The summed E-state index contributed by atoms with van der Waals surface area (Å²) in [5.41, 5.74) is 3.24. The number of rotatable bonds is 5. The summed E-state index contributed by atoms with van der Waals surface area (Å²) in [5.74, 6) is 0.841. The number of hydrogen-bond acceptors (Lipinski definition) is 3. The molecular weight excluding hydrogens is 316 g/mol. The van der Waals surface area contributed by atoms with Crippen molar-refractivity contribution in [1.29, 1.82) is 0 Å². The summed E-state index contributed by atoms with van der Waals surface area (Å²) in [7, 11) is 1.90. The SMILES string of the molecule is CCOc1cc(C)ccc1CNC(=O)N1CCCC1c1cnn(C)c1. The number of carbonyl (C=O) groups is 1. The van der Waals surface area contributed by atoms with Gasteiger partial charge in [-0.25, -0.2) is 4.79 Å². The summed E-state index contributed by atoms with van der Waals surface area (Å²) in [6.07, 6.45) is 5.84. The van der Waals surface area contributed by atoms with Crippen LogP contribution in [0.5, 0.6) is 5.75 Å². The van der Waals surface area contributed by atoms with Crippen molar-refractivity contribution in [3.63, 3.8) is 0 Å². The van der Waals surface area contributed by atoms with Gasteiger partial charge in [0.2, 0.25) is 0 Å². The highest BCUT2D eigenvalue weighted by molar-refractivity contribution is 5.75. The molecule has 6 heteroatoms. The molecule has 2 heterocycles. The van der Waals surface area contributed by atoms with Gasteiger partial charge >= 0.3 is 6.03 Å². The zero-order valence-corrected chi connectivity index (χ0v) is 15.2. The van der Waals surface area contributed by atoms with Crippen LogP contribution in [-0.4, -0.2) is 33.9 Å². The molecule has 0 bridgehead atoms. The lowest BCUT2D eigenvalue weighted by atomic mass is 10.1. The Hall–Kier alpha value is -2.50. The lowest BCUT2D eigenvalue weighted by Crippen LogP contribution is -2.39. The molecular formula is C19H26N4O2. The van der Waals surface area contributed by atoms with Gasteiger partial charge in [0, 0.05) is 37.5 Å². The minimum atomic E-state index is -0.0330. The van der Waals surface area contributed by atoms with Gasteiger partial charge in [-0.1, -0.05) is 12.1 Å². The van der Waals surface area contributed by atoms with Crippen LogP contribution < -0.4 is 10.1 Å². The summed E-state index contributed by atoms with van der Waals surface area (Å²) >= 11 is 0. The van der Waals surface area contributed by atoms with E-state index in [1.165, 1.54) is 0 Å². The maximum absolute atomic E-state index is 12.7. The zero-order valence-electron chi connectivity index (χ0n) is 15.2. The third-order valence-corrected chi connectivity index (χ3v) is 4.58. The zero-order chi connectivity index (χ0) is 17.8. The van der Waals surface area contributed by atoms with Crippen molar-refractivity contribution >= 4 is 6.03 Å². The molecule has 6 nitrogen and oxygen atoms in total. The van der Waals surface area contributed by atoms with E-state index in [0.29, 0.717) is 13.2 Å². The fourth-order valence-electron chi connectivity index (χ4n) is 3.34. The van der Waals surface area contributed by atoms with Gasteiger partial charge in [0.15, 0.2) is 0 Å². The van der Waals surface area contributed by atoms with Crippen LogP contribution in [0, 0.1) is 6.92 Å². The topological polar surface area (TPSA) is 59.4 Å². The number of aromatic nitrogens is 2. The molecule has 1 aromatic heterocycles. The van der Waals surface area contributed by atoms with Gasteiger partial charge < -0.3 is 15.0 Å². The largest absolute Gasteiger partial charge is 0.494 e. The fraction of sp³-hybridized carbons (Fsp3) is 0.474. The van der Waals surface area contributed by atoms with Gasteiger partial charge in [0.25, 0.3) is 0 Å². The van der Waals surface area contributed by atoms with Crippen molar-refractivity contribution in [1.82, 2.24) is 20.0 Å². The van der Waals surface area contributed by atoms with Crippen LogP contribution in [0.1, 0.15) is 42.5 Å². The van der Waals surface area contributed by atoms with Crippen molar-refractivity contribution in [3.05, 3.63) is 47.3 Å². The predicted octanol–water partition coefficient (Wildman–Crippen LogP) is 3.17. The Bertz CT molecular complexity index is 741. The maximum atomic E-state index is 12.7.